The molecule has 3 nitrogen and oxygen atoms in total. The van der Waals surface area contributed by atoms with Crippen LogP contribution in [0.3, 0.4) is 0 Å². The van der Waals surface area contributed by atoms with Crippen LogP contribution in [0.4, 0.5) is 0 Å². The van der Waals surface area contributed by atoms with E-state index in [1.165, 1.54) is 22.8 Å². The topological polar surface area (TPSA) is 52.5 Å². The van der Waals surface area contributed by atoms with Crippen LogP contribution >= 0.6 is 0 Å². The SMILES string of the molecule is Cc1ccc(C(C)NC(C)c2ccc(O)cc2O)c(C)c1. The number of benzene rings is 2. The number of rotatable bonds is 4. The van der Waals surface area contributed by atoms with Gasteiger partial charge in [0.05, 0.1) is 0 Å². The molecule has 0 aliphatic carbocycles. The van der Waals surface area contributed by atoms with Gasteiger partial charge in [0.15, 0.2) is 0 Å². The van der Waals surface area contributed by atoms with Crippen LogP contribution in [0.15, 0.2) is 36.4 Å². The number of phenolic OH excluding ortho intramolecular Hbond substituents is 2. The molecule has 2 unspecified atom stereocenters. The van der Waals surface area contributed by atoms with E-state index in [9.17, 15) is 10.2 Å². The molecule has 0 saturated carbocycles. The molecule has 0 aromatic heterocycles. The minimum absolute atomic E-state index is 0.0127. The highest BCUT2D eigenvalue weighted by atomic mass is 16.3. The van der Waals surface area contributed by atoms with Crippen molar-refractivity contribution in [2.45, 2.75) is 39.8 Å². The summed E-state index contributed by atoms with van der Waals surface area (Å²) in [5.74, 6) is 0.189. The summed E-state index contributed by atoms with van der Waals surface area (Å²) in [5.41, 5.74) is 4.56. The largest absolute Gasteiger partial charge is 0.508 e. The Hall–Kier alpha value is -2.00. The molecule has 2 atom stereocenters. The highest BCUT2D eigenvalue weighted by Gasteiger charge is 2.15. The van der Waals surface area contributed by atoms with Crippen LogP contribution in [0.2, 0.25) is 0 Å². The van der Waals surface area contributed by atoms with E-state index in [0.717, 1.165) is 5.56 Å². The Labute approximate surface area is 126 Å². The Kier molecular flexibility index (Phi) is 4.53. The smallest absolute Gasteiger partial charge is 0.124 e. The van der Waals surface area contributed by atoms with Crippen molar-refractivity contribution in [1.82, 2.24) is 5.32 Å². The molecule has 0 aliphatic heterocycles. The zero-order valence-corrected chi connectivity index (χ0v) is 13.0. The molecule has 3 N–H and O–H groups in total. The second kappa shape index (κ2) is 6.19. The quantitative estimate of drug-likeness (QED) is 0.792. The van der Waals surface area contributed by atoms with Crippen LogP contribution in [0, 0.1) is 13.8 Å². The average Bonchev–Trinajstić information content (AvgIpc) is 2.37. The lowest BCUT2D eigenvalue weighted by molar-refractivity contribution is 0.427. The monoisotopic (exact) mass is 285 g/mol. The van der Waals surface area contributed by atoms with E-state index in [1.807, 2.05) is 6.92 Å². The minimum Gasteiger partial charge on any atom is -0.508 e. The van der Waals surface area contributed by atoms with Gasteiger partial charge in [0.1, 0.15) is 11.5 Å². The molecule has 112 valence electrons. The molecule has 0 radical (unpaired) electrons. The number of aromatic hydroxyl groups is 2. The van der Waals surface area contributed by atoms with Gasteiger partial charge in [-0.2, -0.15) is 0 Å². The van der Waals surface area contributed by atoms with Crippen molar-refractivity contribution >= 4 is 0 Å². The van der Waals surface area contributed by atoms with Crippen molar-refractivity contribution in [2.75, 3.05) is 0 Å². The number of phenols is 2. The number of hydrogen-bond acceptors (Lipinski definition) is 3. The summed E-state index contributed by atoms with van der Waals surface area (Å²) < 4.78 is 0. The van der Waals surface area contributed by atoms with Gasteiger partial charge in [-0.25, -0.2) is 0 Å². The summed E-state index contributed by atoms with van der Waals surface area (Å²) in [7, 11) is 0. The Balaban J connectivity index is 2.16. The third kappa shape index (κ3) is 3.56. The Morgan fingerprint density at radius 3 is 2.10 bits per heavy atom. The first kappa shape index (κ1) is 15.4. The van der Waals surface area contributed by atoms with E-state index < -0.39 is 0 Å². The van der Waals surface area contributed by atoms with E-state index in [4.69, 9.17) is 0 Å². The first-order valence-electron chi connectivity index (χ1n) is 7.23. The second-order valence-electron chi connectivity index (χ2n) is 5.71. The molecule has 0 spiro atoms. The fourth-order valence-electron chi connectivity index (χ4n) is 2.76. The molecule has 0 amide bonds. The summed E-state index contributed by atoms with van der Waals surface area (Å²) in [6.45, 7) is 8.33. The molecule has 2 rings (SSSR count). The summed E-state index contributed by atoms with van der Waals surface area (Å²) >= 11 is 0. The van der Waals surface area contributed by atoms with Gasteiger partial charge < -0.3 is 15.5 Å². The Bertz CT molecular complexity index is 582. The third-order valence-electron chi connectivity index (χ3n) is 3.87. The fraction of sp³-hybridized carbons (Fsp3) is 0.333. The summed E-state index contributed by atoms with van der Waals surface area (Å²) in [6.07, 6.45) is 0. The van der Waals surface area contributed by atoms with Gasteiger partial charge >= 0.3 is 0 Å². The maximum atomic E-state index is 9.94. The van der Waals surface area contributed by atoms with Gasteiger partial charge in [-0.15, -0.1) is 0 Å². The molecule has 21 heavy (non-hydrogen) atoms. The van der Waals surface area contributed by atoms with Gasteiger partial charge in [0.2, 0.25) is 0 Å². The number of hydrogen-bond donors (Lipinski definition) is 3. The van der Waals surface area contributed by atoms with Crippen LogP contribution in [-0.2, 0) is 0 Å². The van der Waals surface area contributed by atoms with Crippen LogP contribution in [0.5, 0.6) is 11.5 Å². The van der Waals surface area contributed by atoms with Crippen molar-refractivity contribution in [1.29, 1.82) is 0 Å². The maximum Gasteiger partial charge on any atom is 0.124 e. The summed E-state index contributed by atoms with van der Waals surface area (Å²) in [5, 5.41) is 22.8. The zero-order valence-electron chi connectivity index (χ0n) is 13.0. The molecule has 0 heterocycles. The van der Waals surface area contributed by atoms with Crippen molar-refractivity contribution < 1.29 is 10.2 Å². The lowest BCUT2D eigenvalue weighted by atomic mass is 9.98. The van der Waals surface area contributed by atoms with Crippen molar-refractivity contribution in [3.05, 3.63) is 58.7 Å². The van der Waals surface area contributed by atoms with Gasteiger partial charge in [-0.1, -0.05) is 29.8 Å². The van der Waals surface area contributed by atoms with E-state index >= 15 is 0 Å². The van der Waals surface area contributed by atoms with Crippen molar-refractivity contribution in [2.24, 2.45) is 0 Å². The second-order valence-corrected chi connectivity index (χ2v) is 5.71. The predicted molar refractivity (Wildman–Crippen MR) is 85.7 cm³/mol. The average molecular weight is 285 g/mol. The van der Waals surface area contributed by atoms with Gasteiger partial charge in [0, 0.05) is 23.7 Å². The van der Waals surface area contributed by atoms with Gasteiger partial charge in [0.25, 0.3) is 0 Å². The van der Waals surface area contributed by atoms with Crippen LogP contribution in [-0.4, -0.2) is 10.2 Å². The normalized spacial score (nSPS) is 13.9. The van der Waals surface area contributed by atoms with E-state index in [2.05, 4.69) is 44.3 Å². The summed E-state index contributed by atoms with van der Waals surface area (Å²) in [6, 6.07) is 11.3. The molecule has 2 aromatic carbocycles. The highest BCUT2D eigenvalue weighted by molar-refractivity contribution is 5.41. The van der Waals surface area contributed by atoms with Gasteiger partial charge in [-0.05, 0) is 44.9 Å². The molecule has 0 bridgehead atoms. The standard InChI is InChI=1S/C18H23NO2/c1-11-5-7-16(12(2)9-11)13(3)19-14(4)17-8-6-15(20)10-18(17)21/h5-10,13-14,19-21H,1-4H3. The molecule has 2 aromatic rings. The van der Waals surface area contributed by atoms with Crippen LogP contribution in [0.1, 0.15) is 48.2 Å². The number of aryl methyl sites for hydroxylation is 2. The summed E-state index contributed by atoms with van der Waals surface area (Å²) in [4.78, 5) is 0. The van der Waals surface area contributed by atoms with Crippen LogP contribution in [0.25, 0.3) is 0 Å². The lowest BCUT2D eigenvalue weighted by Gasteiger charge is -2.23. The van der Waals surface area contributed by atoms with Crippen LogP contribution < -0.4 is 5.32 Å². The van der Waals surface area contributed by atoms with E-state index in [0.29, 0.717) is 0 Å². The lowest BCUT2D eigenvalue weighted by Crippen LogP contribution is -2.23. The fourth-order valence-corrected chi connectivity index (χ4v) is 2.76. The third-order valence-corrected chi connectivity index (χ3v) is 3.87. The molecule has 0 fully saturated rings. The van der Waals surface area contributed by atoms with E-state index in [1.54, 1.807) is 12.1 Å². The molecule has 0 saturated heterocycles. The predicted octanol–water partition coefficient (Wildman–Crippen LogP) is 4.13. The zero-order chi connectivity index (χ0) is 15.6. The first-order chi connectivity index (χ1) is 9.88. The maximum absolute atomic E-state index is 9.94. The first-order valence-corrected chi connectivity index (χ1v) is 7.23. The Morgan fingerprint density at radius 1 is 0.857 bits per heavy atom. The highest BCUT2D eigenvalue weighted by Crippen LogP contribution is 2.30. The molecule has 3 heteroatoms. The van der Waals surface area contributed by atoms with Gasteiger partial charge in [-0.3, -0.25) is 0 Å². The van der Waals surface area contributed by atoms with E-state index in [-0.39, 0.29) is 23.6 Å². The number of nitrogens with one attached hydrogen (secondary N) is 1. The molecular formula is C18H23NO2. The van der Waals surface area contributed by atoms with Crippen molar-refractivity contribution in [3.8, 4) is 11.5 Å². The Morgan fingerprint density at radius 2 is 1.48 bits per heavy atom. The molecule has 0 aliphatic rings. The minimum atomic E-state index is -0.0127. The molecular weight excluding hydrogens is 262 g/mol. The van der Waals surface area contributed by atoms with Crippen molar-refractivity contribution in [3.63, 3.8) is 0 Å².